The normalized spacial score (nSPS) is 18.8. The van der Waals surface area contributed by atoms with Gasteiger partial charge in [0.2, 0.25) is 11.8 Å². The molecule has 7 nitrogen and oxygen atoms in total. The molecule has 2 heterocycles. The van der Waals surface area contributed by atoms with Gasteiger partial charge in [-0.05, 0) is 79.8 Å². The largest absolute Gasteiger partial charge is 0.327 e. The molecule has 2 fully saturated rings. The fourth-order valence-corrected chi connectivity index (χ4v) is 4.98. The molecule has 0 radical (unpaired) electrons. The van der Waals surface area contributed by atoms with E-state index in [-0.39, 0.29) is 23.4 Å². The van der Waals surface area contributed by atoms with Crippen LogP contribution in [-0.4, -0.2) is 47.8 Å². The number of amides is 3. The van der Waals surface area contributed by atoms with Crippen LogP contribution >= 0.6 is 0 Å². The molecule has 200 valence electrons. The van der Waals surface area contributed by atoms with Crippen molar-refractivity contribution in [3.8, 4) is 0 Å². The Labute approximate surface area is 227 Å². The van der Waals surface area contributed by atoms with Crippen LogP contribution in [0.3, 0.4) is 0 Å². The zero-order chi connectivity index (χ0) is 27.2. The molecule has 2 aliphatic heterocycles. The number of hydrogen-bond acceptors (Lipinski definition) is 4. The van der Waals surface area contributed by atoms with Crippen LogP contribution in [0.1, 0.15) is 47.2 Å². The molecule has 2 atom stereocenters. The van der Waals surface area contributed by atoms with E-state index in [1.807, 2.05) is 60.7 Å². The maximum absolute atomic E-state index is 14.1. The fraction of sp³-hybridized carbons (Fsp3) is 0.258. The highest BCUT2D eigenvalue weighted by molar-refractivity contribution is 6.01. The van der Waals surface area contributed by atoms with Crippen LogP contribution in [0.4, 0.5) is 15.8 Å². The van der Waals surface area contributed by atoms with Crippen LogP contribution in [0, 0.1) is 5.82 Å². The number of anilines is 2. The van der Waals surface area contributed by atoms with Crippen LogP contribution in [-0.2, 0) is 9.59 Å². The van der Waals surface area contributed by atoms with Crippen molar-refractivity contribution in [2.75, 3.05) is 23.7 Å². The van der Waals surface area contributed by atoms with Gasteiger partial charge in [-0.1, -0.05) is 48.6 Å². The minimum atomic E-state index is -0.640. The van der Waals surface area contributed by atoms with Crippen LogP contribution < -0.4 is 16.0 Å². The summed E-state index contributed by atoms with van der Waals surface area (Å²) in [6.45, 7) is 1.30. The summed E-state index contributed by atoms with van der Waals surface area (Å²) in [6.07, 6.45) is 7.05. The molecule has 0 aromatic heterocycles. The molecule has 8 heteroatoms. The topological polar surface area (TPSA) is 90.5 Å². The Morgan fingerprint density at radius 3 is 2.00 bits per heavy atom. The van der Waals surface area contributed by atoms with Crippen LogP contribution in [0.2, 0.25) is 0 Å². The van der Waals surface area contributed by atoms with E-state index < -0.39 is 17.8 Å². The molecule has 39 heavy (non-hydrogen) atoms. The van der Waals surface area contributed by atoms with Gasteiger partial charge in [-0.15, -0.1) is 0 Å². The number of hydrogen-bond donors (Lipinski definition) is 3. The molecular formula is C31H31FN4O3. The van der Waals surface area contributed by atoms with E-state index in [0.717, 1.165) is 36.2 Å². The first kappa shape index (κ1) is 26.3. The summed E-state index contributed by atoms with van der Waals surface area (Å²) in [5.74, 6) is -1.33. The number of halogens is 1. The van der Waals surface area contributed by atoms with Gasteiger partial charge in [0.1, 0.15) is 11.9 Å². The monoisotopic (exact) mass is 526 g/mol. The molecule has 0 unspecified atom stereocenters. The SMILES string of the molecule is O=C(Nc1ccc(/C=C/c2ccc(NC(=O)[C@@H]3CCCN3C(=O)c3ccccc3F)cc2)cc1)[C@@H]1CCCN1. The van der Waals surface area contributed by atoms with Crippen molar-refractivity contribution in [3.05, 3.63) is 95.3 Å². The summed E-state index contributed by atoms with van der Waals surface area (Å²) in [7, 11) is 0. The van der Waals surface area contributed by atoms with Crippen molar-refractivity contribution < 1.29 is 18.8 Å². The van der Waals surface area contributed by atoms with E-state index >= 15 is 0 Å². The quantitative estimate of drug-likeness (QED) is 0.381. The summed E-state index contributed by atoms with van der Waals surface area (Å²) in [6, 6.07) is 20.1. The Morgan fingerprint density at radius 1 is 0.795 bits per heavy atom. The Hall–Kier alpha value is -4.30. The number of nitrogens with zero attached hydrogens (tertiary/aromatic N) is 1. The van der Waals surface area contributed by atoms with Gasteiger partial charge in [-0.3, -0.25) is 14.4 Å². The van der Waals surface area contributed by atoms with E-state index in [0.29, 0.717) is 25.1 Å². The standard InChI is InChI=1S/C31H31FN4O3/c32-26-6-2-1-5-25(26)31(39)36-20-4-8-28(36)30(38)35-24-17-13-22(14-18-24)10-9-21-11-15-23(16-12-21)34-29(37)27-7-3-19-33-27/h1-2,5-6,9-18,27-28,33H,3-4,7-8,19-20H2,(H,34,37)(H,35,38)/b10-9+/t27-,28-/m0/s1. The van der Waals surface area contributed by atoms with Crippen LogP contribution in [0.5, 0.6) is 0 Å². The number of carbonyl (C=O) groups excluding carboxylic acids is 3. The third-order valence-corrected chi connectivity index (χ3v) is 7.12. The van der Waals surface area contributed by atoms with Crippen LogP contribution in [0.25, 0.3) is 12.2 Å². The van der Waals surface area contributed by atoms with Crippen molar-refractivity contribution in [2.45, 2.75) is 37.8 Å². The molecule has 3 N–H and O–H groups in total. The van der Waals surface area contributed by atoms with E-state index in [1.54, 1.807) is 6.07 Å². The van der Waals surface area contributed by atoms with Crippen LogP contribution in [0.15, 0.2) is 72.8 Å². The van der Waals surface area contributed by atoms with Gasteiger partial charge in [0.15, 0.2) is 0 Å². The zero-order valence-electron chi connectivity index (χ0n) is 21.5. The van der Waals surface area contributed by atoms with Crippen molar-refractivity contribution >= 4 is 41.2 Å². The zero-order valence-corrected chi connectivity index (χ0v) is 21.5. The molecule has 3 aromatic carbocycles. The number of carbonyl (C=O) groups is 3. The van der Waals surface area contributed by atoms with E-state index in [4.69, 9.17) is 0 Å². The summed E-state index contributed by atoms with van der Waals surface area (Å²) in [5.41, 5.74) is 3.32. The second kappa shape index (κ2) is 12.0. The predicted molar refractivity (Wildman–Crippen MR) is 151 cm³/mol. The van der Waals surface area contributed by atoms with Gasteiger partial charge in [-0.2, -0.15) is 0 Å². The molecule has 0 aliphatic carbocycles. The Morgan fingerprint density at radius 2 is 1.41 bits per heavy atom. The average molecular weight is 527 g/mol. The summed E-state index contributed by atoms with van der Waals surface area (Å²) >= 11 is 0. The highest BCUT2D eigenvalue weighted by Crippen LogP contribution is 2.23. The highest BCUT2D eigenvalue weighted by Gasteiger charge is 2.35. The first-order chi connectivity index (χ1) is 19.0. The van der Waals surface area contributed by atoms with Gasteiger partial charge < -0.3 is 20.9 Å². The average Bonchev–Trinajstić information content (AvgIpc) is 3.67. The first-order valence-corrected chi connectivity index (χ1v) is 13.3. The summed E-state index contributed by atoms with van der Waals surface area (Å²) in [5, 5.41) is 9.03. The fourth-order valence-electron chi connectivity index (χ4n) is 4.98. The lowest BCUT2D eigenvalue weighted by molar-refractivity contribution is -0.120. The third kappa shape index (κ3) is 6.41. The maximum Gasteiger partial charge on any atom is 0.257 e. The molecule has 3 aromatic rings. The Bertz CT molecular complexity index is 1370. The number of likely N-dealkylation sites (tertiary alicyclic amines) is 1. The molecule has 0 spiro atoms. The second-order valence-corrected chi connectivity index (χ2v) is 9.84. The van der Waals surface area contributed by atoms with E-state index in [1.165, 1.54) is 23.1 Å². The highest BCUT2D eigenvalue weighted by atomic mass is 19.1. The lowest BCUT2D eigenvalue weighted by Crippen LogP contribution is -2.43. The minimum absolute atomic E-state index is 0.000281. The van der Waals surface area contributed by atoms with Crippen molar-refractivity contribution in [1.29, 1.82) is 0 Å². The maximum atomic E-state index is 14.1. The van der Waals surface area contributed by atoms with Crippen molar-refractivity contribution in [2.24, 2.45) is 0 Å². The first-order valence-electron chi connectivity index (χ1n) is 13.3. The van der Waals surface area contributed by atoms with Crippen molar-refractivity contribution in [1.82, 2.24) is 10.2 Å². The molecule has 0 bridgehead atoms. The molecule has 5 rings (SSSR count). The Kier molecular flexibility index (Phi) is 8.13. The number of nitrogens with one attached hydrogen (secondary N) is 3. The summed E-state index contributed by atoms with van der Waals surface area (Å²) < 4.78 is 14.1. The molecular weight excluding hydrogens is 495 g/mol. The smallest absolute Gasteiger partial charge is 0.257 e. The second-order valence-electron chi connectivity index (χ2n) is 9.84. The van der Waals surface area contributed by atoms with E-state index in [9.17, 15) is 18.8 Å². The molecule has 2 aliphatic rings. The van der Waals surface area contributed by atoms with Gasteiger partial charge in [0, 0.05) is 17.9 Å². The molecule has 0 saturated carbocycles. The Balaban J connectivity index is 1.15. The van der Waals surface area contributed by atoms with Gasteiger partial charge in [0.05, 0.1) is 11.6 Å². The predicted octanol–water partition coefficient (Wildman–Crippen LogP) is 4.93. The minimum Gasteiger partial charge on any atom is -0.327 e. The lowest BCUT2D eigenvalue weighted by Gasteiger charge is -2.24. The number of rotatable bonds is 7. The van der Waals surface area contributed by atoms with E-state index in [2.05, 4.69) is 16.0 Å². The summed E-state index contributed by atoms with van der Waals surface area (Å²) in [4.78, 5) is 39.5. The van der Waals surface area contributed by atoms with Gasteiger partial charge in [0.25, 0.3) is 5.91 Å². The van der Waals surface area contributed by atoms with Gasteiger partial charge >= 0.3 is 0 Å². The lowest BCUT2D eigenvalue weighted by atomic mass is 10.1. The molecule has 2 saturated heterocycles. The molecule has 3 amide bonds. The van der Waals surface area contributed by atoms with Crippen molar-refractivity contribution in [3.63, 3.8) is 0 Å². The third-order valence-electron chi connectivity index (χ3n) is 7.12. The van der Waals surface area contributed by atoms with Gasteiger partial charge in [-0.25, -0.2) is 4.39 Å². The number of benzene rings is 3.